The van der Waals surface area contributed by atoms with Crippen molar-refractivity contribution < 1.29 is 110 Å². The Kier molecular flexibility index (Phi) is 22.9. The molecule has 0 aliphatic heterocycles. The molecule has 2 N–H and O–H groups in total. The van der Waals surface area contributed by atoms with E-state index in [-0.39, 0.29) is 31.1 Å². The van der Waals surface area contributed by atoms with Crippen LogP contribution in [0.4, 0.5) is 61.5 Å². The predicted molar refractivity (Wildman–Crippen MR) is 238 cm³/mol. The number of hydrogen-bond acceptors (Lipinski definition) is 13. The Morgan fingerprint density at radius 2 is 1.11 bits per heavy atom. The number of nitrogens with one attached hydrogen (secondary N) is 2. The van der Waals surface area contributed by atoms with E-state index >= 15 is 0 Å². The molecular formula is C44H27F14N7O6RuS2. The summed E-state index contributed by atoms with van der Waals surface area (Å²) in [5.74, 6) is -28.4. The van der Waals surface area contributed by atoms with Gasteiger partial charge in [-0.1, -0.05) is 12.2 Å². The molecular weight excluding hydrogens is 1150 g/mol. The first-order valence-electron chi connectivity index (χ1n) is 19.1. The number of alkyl halides is 14. The average molecular weight is 1180 g/mol. The Hall–Kier alpha value is -7.42. The summed E-state index contributed by atoms with van der Waals surface area (Å²) in [5, 5.41) is 16.3. The van der Waals surface area contributed by atoms with Gasteiger partial charge in [0.15, 0.2) is 0 Å². The topological polar surface area (TPSA) is 200 Å². The molecule has 0 bridgehead atoms. The number of pyridine rings is 4. The molecule has 0 unspecified atom stereocenters. The fourth-order valence-corrected chi connectivity index (χ4v) is 6.37. The molecule has 0 atom stereocenters. The number of thiocarbonyl (C=S) groups is 1. The van der Waals surface area contributed by atoms with Gasteiger partial charge in [-0.2, -0.15) is 66.6 Å². The molecule has 74 heavy (non-hydrogen) atoms. The minimum atomic E-state index is -7.56. The normalized spacial score (nSPS) is 12.4. The summed E-state index contributed by atoms with van der Waals surface area (Å²) in [6, 6.07) is 13.0. The minimum absolute atomic E-state index is 0. The van der Waals surface area contributed by atoms with E-state index in [1.807, 2.05) is 0 Å². The number of carbonyl (C=O) groups is 3. The van der Waals surface area contributed by atoms with Gasteiger partial charge in [-0.25, -0.2) is 4.98 Å². The Morgan fingerprint density at radius 1 is 0.662 bits per heavy atom. The number of aromatic nitrogens is 4. The summed E-state index contributed by atoms with van der Waals surface area (Å²) in [7, 11) is 0. The number of halogens is 14. The van der Waals surface area contributed by atoms with Gasteiger partial charge in [0.25, 0.3) is 19.4 Å². The molecule has 0 saturated carbocycles. The first-order chi connectivity index (χ1) is 34.1. The van der Waals surface area contributed by atoms with Crippen LogP contribution in [-0.4, -0.2) is 86.3 Å². The summed E-state index contributed by atoms with van der Waals surface area (Å²) in [6.45, 7) is 0.965. The molecule has 0 radical (unpaired) electrons. The molecule has 0 amide bonds. The van der Waals surface area contributed by atoms with E-state index in [9.17, 15) is 75.8 Å². The van der Waals surface area contributed by atoms with E-state index in [4.69, 9.17) is 16.6 Å². The van der Waals surface area contributed by atoms with E-state index in [0.717, 1.165) is 34.8 Å². The van der Waals surface area contributed by atoms with Gasteiger partial charge in [-0.3, -0.25) is 34.7 Å². The van der Waals surface area contributed by atoms with E-state index in [1.54, 1.807) is 67.0 Å². The molecule has 0 spiro atoms. The molecule has 0 fully saturated rings. The molecule has 5 rings (SSSR count). The van der Waals surface area contributed by atoms with Gasteiger partial charge in [0.05, 0.1) is 41.6 Å². The number of carbonyl (C=O) groups excluding carboxylic acids is 3. The third-order valence-corrected chi connectivity index (χ3v) is 9.79. The van der Waals surface area contributed by atoms with Crippen LogP contribution >= 0.6 is 23.6 Å². The molecule has 5 aromatic heterocycles. The van der Waals surface area contributed by atoms with Crippen LogP contribution in [0.15, 0.2) is 103 Å². The molecule has 0 saturated heterocycles. The number of nitrogens with zero attached hydrogens (tertiary/aromatic N) is 5. The van der Waals surface area contributed by atoms with Crippen molar-refractivity contribution in [3.05, 3.63) is 143 Å². The number of rotatable bonds is 19. The third kappa shape index (κ3) is 16.3. The van der Waals surface area contributed by atoms with Crippen LogP contribution in [0.2, 0.25) is 0 Å². The fraction of sp³-hybridized carbons (Fsp3) is 0.159. The van der Waals surface area contributed by atoms with Crippen molar-refractivity contribution in [2.24, 2.45) is 0 Å². The molecule has 0 aliphatic carbocycles. The van der Waals surface area contributed by atoms with Crippen molar-refractivity contribution in [1.82, 2.24) is 19.9 Å². The second-order valence-electron chi connectivity index (χ2n) is 13.6. The SMILES string of the molecule is N=C(/C=C(\[NH-])c1cc(-c2sccc2CC(F)(F)C(F)(F)C(F)(F)C(F)(F)C(F)(F)F)ccn1)C(F)(F)F.O=CO/C=C/c1ccnc(-c2cc(/C=C/OC=O)cc(-c3cc(/C=C/OC=O)ccn3)n2)c1.[N-]=C=S.[Ru+2]. The van der Waals surface area contributed by atoms with Crippen LogP contribution in [0.25, 0.3) is 68.3 Å². The number of thiophene rings is 1. The summed E-state index contributed by atoms with van der Waals surface area (Å²) in [4.78, 5) is 47.7. The number of ether oxygens (including phenoxy) is 3. The number of hydrogen-bond donors (Lipinski definition) is 1. The zero-order chi connectivity index (χ0) is 54.8. The quantitative estimate of drug-likeness (QED) is 0.0157. The maximum atomic E-state index is 14.2. The largest absolute Gasteiger partial charge is 2.00 e. The van der Waals surface area contributed by atoms with Gasteiger partial charge in [0.1, 0.15) is 5.71 Å². The van der Waals surface area contributed by atoms with Crippen molar-refractivity contribution in [3.63, 3.8) is 0 Å². The van der Waals surface area contributed by atoms with Gasteiger partial charge in [-0.05, 0) is 112 Å². The number of isothiocyanates is 1. The van der Waals surface area contributed by atoms with Crippen LogP contribution in [0.5, 0.6) is 0 Å². The maximum Gasteiger partial charge on any atom is 2.00 e. The zero-order valence-corrected chi connectivity index (χ0v) is 39.5. The Labute approximate surface area is 429 Å². The fourth-order valence-electron chi connectivity index (χ4n) is 5.44. The molecule has 5 aromatic rings. The first kappa shape index (κ1) is 62.7. The minimum Gasteiger partial charge on any atom is -0.753 e. The average Bonchev–Trinajstić information content (AvgIpc) is 3.79. The summed E-state index contributed by atoms with van der Waals surface area (Å²) >= 11 is 4.18. The van der Waals surface area contributed by atoms with E-state index in [0.29, 0.717) is 65.2 Å². The van der Waals surface area contributed by atoms with Crippen molar-refractivity contribution in [2.45, 2.75) is 42.5 Å². The van der Waals surface area contributed by atoms with Crippen molar-refractivity contribution >= 4 is 77.8 Å². The summed E-state index contributed by atoms with van der Waals surface area (Å²) < 4.78 is 197. The molecule has 0 aromatic carbocycles. The Balaban J connectivity index is 0.000000477. The zero-order valence-electron chi connectivity index (χ0n) is 36.1. The van der Waals surface area contributed by atoms with Gasteiger partial charge >= 0.3 is 55.5 Å². The Morgan fingerprint density at radius 3 is 1.55 bits per heavy atom. The summed E-state index contributed by atoms with van der Waals surface area (Å²) in [6.07, 6.45) is -2.18. The standard InChI is InChI=1S/C24H17N3O6.C19H10F14N3S.CNS.Ru/c28-15-31-8-3-18-1-6-25-21(11-18)23-13-20(5-10-33-17-30)14-24(27-23)22-12-19(2-7-26-22)4-9-32-16-29;20-14(21,16(25,26)17(27,28)18(29,30)19(31,32)33)7-9-2-4-37-13(9)8-1-3-36-11(5-8)10(34)6-12(35)15(22,23)24;2-1-3;/h1-17H;1-6,34-35H,7H2;;/q;2*-1;+2/b8-3+,9-4+,10-5+;10-6-,35-12?;;. The van der Waals surface area contributed by atoms with Gasteiger partial charge in [0.2, 0.25) is 0 Å². The molecule has 5 heterocycles. The van der Waals surface area contributed by atoms with Crippen LogP contribution in [0.3, 0.4) is 0 Å². The predicted octanol–water partition coefficient (Wildman–Crippen LogP) is 12.7. The van der Waals surface area contributed by atoms with Crippen molar-refractivity contribution in [2.75, 3.05) is 0 Å². The van der Waals surface area contributed by atoms with Crippen LogP contribution in [0, 0.1) is 5.41 Å². The molecule has 30 heteroatoms. The summed E-state index contributed by atoms with van der Waals surface area (Å²) in [5.41, 5.74) is 7.26. The maximum absolute atomic E-state index is 14.2. The van der Waals surface area contributed by atoms with Crippen LogP contribution in [0.1, 0.15) is 27.9 Å². The molecule has 0 aliphatic rings. The second-order valence-corrected chi connectivity index (χ2v) is 14.7. The monoisotopic (exact) mass is 1180 g/mol. The van der Waals surface area contributed by atoms with E-state index in [2.05, 4.69) is 46.4 Å². The van der Waals surface area contributed by atoms with Crippen LogP contribution in [-0.2, 0) is 54.5 Å². The molecule has 13 nitrogen and oxygen atoms in total. The third-order valence-electron chi connectivity index (χ3n) is 8.78. The van der Waals surface area contributed by atoms with Gasteiger partial charge in [-0.15, -0.1) is 17.0 Å². The smallest absolute Gasteiger partial charge is 0.753 e. The van der Waals surface area contributed by atoms with Gasteiger partial charge in [0, 0.05) is 35.6 Å². The first-order valence-corrected chi connectivity index (χ1v) is 20.3. The van der Waals surface area contributed by atoms with Crippen molar-refractivity contribution in [1.29, 1.82) is 5.41 Å². The van der Waals surface area contributed by atoms with Crippen LogP contribution < -0.4 is 0 Å². The van der Waals surface area contributed by atoms with E-state index < -0.39 is 70.0 Å². The van der Waals surface area contributed by atoms with Gasteiger partial charge < -0.3 is 25.4 Å². The molecule has 392 valence electrons. The Bertz CT molecular complexity index is 2830. The van der Waals surface area contributed by atoms with Crippen molar-refractivity contribution in [3.8, 4) is 33.2 Å². The van der Waals surface area contributed by atoms with E-state index in [1.165, 1.54) is 23.9 Å². The number of allylic oxidation sites excluding steroid dienone is 1. The second kappa shape index (κ2) is 27.0.